The highest BCUT2D eigenvalue weighted by Crippen LogP contribution is 2.28. The van der Waals surface area contributed by atoms with Gasteiger partial charge in [0.25, 0.3) is 0 Å². The second-order valence-electron chi connectivity index (χ2n) is 5.20. The molecule has 21 heavy (non-hydrogen) atoms. The number of aryl methyl sites for hydroxylation is 1. The Morgan fingerprint density at radius 3 is 2.43 bits per heavy atom. The lowest BCUT2D eigenvalue weighted by Crippen LogP contribution is -2.33. The molecule has 0 aromatic heterocycles. The van der Waals surface area contributed by atoms with Crippen molar-refractivity contribution in [1.29, 1.82) is 0 Å². The number of hydrogen-bond acceptors (Lipinski definition) is 5. The molecule has 0 saturated heterocycles. The van der Waals surface area contributed by atoms with E-state index in [4.69, 9.17) is 15.2 Å². The maximum Gasteiger partial charge on any atom is 0.322 e. The highest BCUT2D eigenvalue weighted by molar-refractivity contribution is 5.75. The van der Waals surface area contributed by atoms with Gasteiger partial charge < -0.3 is 19.9 Å². The van der Waals surface area contributed by atoms with Gasteiger partial charge in [-0.05, 0) is 42.9 Å². The molecule has 1 aromatic carbocycles. The minimum atomic E-state index is -0.546. The molecule has 0 fully saturated rings. The van der Waals surface area contributed by atoms with E-state index in [9.17, 15) is 4.79 Å². The van der Waals surface area contributed by atoms with Crippen LogP contribution in [0.25, 0.3) is 0 Å². The van der Waals surface area contributed by atoms with Gasteiger partial charge in [-0.2, -0.15) is 0 Å². The maximum atomic E-state index is 11.3. The van der Waals surface area contributed by atoms with Gasteiger partial charge in [0, 0.05) is 0 Å². The molecule has 0 radical (unpaired) electrons. The van der Waals surface area contributed by atoms with Crippen molar-refractivity contribution in [3.05, 3.63) is 23.8 Å². The number of hydrogen-bond donors (Lipinski definition) is 1. The Kier molecular flexibility index (Phi) is 7.02. The van der Waals surface area contributed by atoms with E-state index in [1.807, 2.05) is 18.2 Å². The molecule has 1 rings (SSSR count). The first kappa shape index (κ1) is 17.3. The Labute approximate surface area is 126 Å². The molecule has 0 bridgehead atoms. The Balaban J connectivity index is 2.53. The summed E-state index contributed by atoms with van der Waals surface area (Å²) < 4.78 is 15.1. The van der Waals surface area contributed by atoms with E-state index in [0.29, 0.717) is 12.3 Å². The molecular weight excluding hydrogens is 270 g/mol. The van der Waals surface area contributed by atoms with E-state index < -0.39 is 6.04 Å². The summed E-state index contributed by atoms with van der Waals surface area (Å²) in [7, 11) is 4.60. The van der Waals surface area contributed by atoms with Crippen molar-refractivity contribution in [1.82, 2.24) is 0 Å². The molecule has 0 heterocycles. The lowest BCUT2D eigenvalue weighted by molar-refractivity contribution is -0.142. The van der Waals surface area contributed by atoms with E-state index in [-0.39, 0.29) is 5.97 Å². The second-order valence-corrected chi connectivity index (χ2v) is 5.20. The third-order valence-corrected chi connectivity index (χ3v) is 3.53. The number of ether oxygens (including phenoxy) is 3. The number of esters is 1. The molecule has 1 aromatic rings. The van der Waals surface area contributed by atoms with Crippen LogP contribution in [0.3, 0.4) is 0 Å². The summed E-state index contributed by atoms with van der Waals surface area (Å²) in [6.07, 6.45) is 2.47. The fraction of sp³-hybridized carbons (Fsp3) is 0.562. The number of carbonyl (C=O) groups is 1. The first-order valence-corrected chi connectivity index (χ1v) is 7.06. The zero-order chi connectivity index (χ0) is 15.8. The molecule has 0 amide bonds. The number of carbonyl (C=O) groups excluding carboxylic acids is 1. The van der Waals surface area contributed by atoms with Crippen molar-refractivity contribution in [2.75, 3.05) is 21.3 Å². The monoisotopic (exact) mass is 295 g/mol. The van der Waals surface area contributed by atoms with Crippen LogP contribution < -0.4 is 15.2 Å². The molecule has 0 aliphatic rings. The van der Waals surface area contributed by atoms with Crippen LogP contribution in [-0.4, -0.2) is 33.3 Å². The first-order chi connectivity index (χ1) is 10.0. The van der Waals surface area contributed by atoms with Crippen LogP contribution in [0, 0.1) is 5.92 Å². The number of nitrogens with two attached hydrogens (primary N) is 1. The van der Waals surface area contributed by atoms with E-state index >= 15 is 0 Å². The molecule has 2 unspecified atom stereocenters. The topological polar surface area (TPSA) is 70.8 Å². The Morgan fingerprint density at radius 2 is 1.86 bits per heavy atom. The fourth-order valence-corrected chi connectivity index (χ4v) is 2.25. The first-order valence-electron chi connectivity index (χ1n) is 7.06. The third kappa shape index (κ3) is 5.27. The van der Waals surface area contributed by atoms with Crippen molar-refractivity contribution in [2.45, 2.75) is 32.2 Å². The molecular formula is C16H25NO4. The molecule has 0 aliphatic carbocycles. The number of methoxy groups -OCH3 is 3. The van der Waals surface area contributed by atoms with Gasteiger partial charge in [0.2, 0.25) is 0 Å². The standard InChI is InChI=1S/C16H25NO4/c1-11(9-13(17)16(18)21-4)5-6-12-7-8-14(19-2)15(10-12)20-3/h7-8,10-11,13H,5-6,9,17H2,1-4H3. The average Bonchev–Trinajstić information content (AvgIpc) is 2.51. The van der Waals surface area contributed by atoms with Gasteiger partial charge in [-0.15, -0.1) is 0 Å². The summed E-state index contributed by atoms with van der Waals surface area (Å²) in [5.74, 6) is 1.44. The summed E-state index contributed by atoms with van der Waals surface area (Å²) in [5.41, 5.74) is 6.94. The molecule has 2 atom stereocenters. The summed E-state index contributed by atoms with van der Waals surface area (Å²) in [4.78, 5) is 11.3. The van der Waals surface area contributed by atoms with Gasteiger partial charge in [0.15, 0.2) is 11.5 Å². The average molecular weight is 295 g/mol. The summed E-state index contributed by atoms with van der Waals surface area (Å²) >= 11 is 0. The molecule has 0 spiro atoms. The van der Waals surface area contributed by atoms with E-state index in [1.165, 1.54) is 12.7 Å². The highest BCUT2D eigenvalue weighted by atomic mass is 16.5. The SMILES string of the molecule is COC(=O)C(N)CC(C)CCc1ccc(OC)c(OC)c1. The molecule has 2 N–H and O–H groups in total. The highest BCUT2D eigenvalue weighted by Gasteiger charge is 2.17. The summed E-state index contributed by atoms with van der Waals surface area (Å²) in [6, 6.07) is 5.36. The van der Waals surface area contributed by atoms with Gasteiger partial charge in [-0.3, -0.25) is 4.79 Å². The zero-order valence-electron chi connectivity index (χ0n) is 13.2. The second kappa shape index (κ2) is 8.52. The van der Waals surface area contributed by atoms with Gasteiger partial charge in [-0.1, -0.05) is 13.0 Å². The normalized spacial score (nSPS) is 13.4. The van der Waals surface area contributed by atoms with Crippen molar-refractivity contribution in [3.63, 3.8) is 0 Å². The summed E-state index contributed by atoms with van der Waals surface area (Å²) in [5, 5.41) is 0. The Bertz CT molecular complexity index is 462. The van der Waals surface area contributed by atoms with E-state index in [1.54, 1.807) is 14.2 Å². The Morgan fingerprint density at radius 1 is 1.19 bits per heavy atom. The lowest BCUT2D eigenvalue weighted by atomic mass is 9.95. The van der Waals surface area contributed by atoms with E-state index in [0.717, 1.165) is 24.3 Å². The smallest absolute Gasteiger partial charge is 0.322 e. The van der Waals surface area contributed by atoms with Crippen molar-refractivity contribution in [2.24, 2.45) is 11.7 Å². The van der Waals surface area contributed by atoms with Crippen LogP contribution in [-0.2, 0) is 16.0 Å². The van der Waals surface area contributed by atoms with Crippen LogP contribution >= 0.6 is 0 Å². The Hall–Kier alpha value is -1.75. The van der Waals surface area contributed by atoms with Crippen LogP contribution in [0.4, 0.5) is 0 Å². The molecule has 118 valence electrons. The van der Waals surface area contributed by atoms with Crippen LogP contribution in [0.15, 0.2) is 18.2 Å². The third-order valence-electron chi connectivity index (χ3n) is 3.53. The zero-order valence-corrected chi connectivity index (χ0v) is 13.2. The van der Waals surface area contributed by atoms with Gasteiger partial charge >= 0.3 is 5.97 Å². The van der Waals surface area contributed by atoms with Gasteiger partial charge in [-0.25, -0.2) is 0 Å². The minimum absolute atomic E-state index is 0.340. The predicted molar refractivity (Wildman–Crippen MR) is 81.6 cm³/mol. The van der Waals surface area contributed by atoms with Crippen LogP contribution in [0.2, 0.25) is 0 Å². The lowest BCUT2D eigenvalue weighted by Gasteiger charge is -2.16. The molecule has 0 saturated carbocycles. The maximum absolute atomic E-state index is 11.3. The van der Waals surface area contributed by atoms with Crippen molar-refractivity contribution in [3.8, 4) is 11.5 Å². The minimum Gasteiger partial charge on any atom is -0.493 e. The van der Waals surface area contributed by atoms with Crippen LogP contribution in [0.1, 0.15) is 25.3 Å². The quantitative estimate of drug-likeness (QED) is 0.744. The molecule has 0 aliphatic heterocycles. The van der Waals surface area contributed by atoms with Gasteiger partial charge in [0.05, 0.1) is 21.3 Å². The van der Waals surface area contributed by atoms with Crippen molar-refractivity contribution < 1.29 is 19.0 Å². The molecule has 5 heteroatoms. The van der Waals surface area contributed by atoms with Crippen LogP contribution in [0.5, 0.6) is 11.5 Å². The van der Waals surface area contributed by atoms with Crippen molar-refractivity contribution >= 4 is 5.97 Å². The number of benzene rings is 1. The van der Waals surface area contributed by atoms with Gasteiger partial charge in [0.1, 0.15) is 6.04 Å². The predicted octanol–water partition coefficient (Wildman–Crippen LogP) is 2.16. The largest absolute Gasteiger partial charge is 0.493 e. The van der Waals surface area contributed by atoms with E-state index in [2.05, 4.69) is 11.7 Å². The summed E-state index contributed by atoms with van der Waals surface area (Å²) in [6.45, 7) is 2.09. The number of rotatable bonds is 8. The fourth-order valence-electron chi connectivity index (χ4n) is 2.25. The molecule has 5 nitrogen and oxygen atoms in total.